The van der Waals surface area contributed by atoms with Crippen molar-refractivity contribution in [3.05, 3.63) is 0 Å². The maximum Gasteiger partial charge on any atom is 0.313 e. The molecule has 76 valence electrons. The van der Waals surface area contributed by atoms with Crippen LogP contribution in [0.1, 0.15) is 46.5 Å². The molecule has 0 aliphatic rings. The summed E-state index contributed by atoms with van der Waals surface area (Å²) in [5, 5.41) is 0. The van der Waals surface area contributed by atoms with E-state index < -0.39 is 5.97 Å². The first kappa shape index (κ1) is 12.1. The van der Waals surface area contributed by atoms with Crippen molar-refractivity contribution >= 4 is 11.8 Å². The molecular formula is C10H18O3. The number of esters is 1. The number of rotatable bonds is 6. The van der Waals surface area contributed by atoms with Crippen LogP contribution in [-0.2, 0) is 14.3 Å². The van der Waals surface area contributed by atoms with Crippen LogP contribution in [0.5, 0.6) is 0 Å². The third-order valence-corrected chi connectivity index (χ3v) is 1.69. The number of hydrogen-bond acceptors (Lipinski definition) is 3. The molecule has 3 nitrogen and oxygen atoms in total. The summed E-state index contributed by atoms with van der Waals surface area (Å²) in [5.74, 6) is -0.552. The predicted molar refractivity (Wildman–Crippen MR) is 50.4 cm³/mol. The lowest BCUT2D eigenvalue weighted by molar-refractivity contribution is -0.150. The van der Waals surface area contributed by atoms with E-state index in [-0.39, 0.29) is 18.3 Å². The topological polar surface area (TPSA) is 43.4 Å². The van der Waals surface area contributed by atoms with Crippen molar-refractivity contribution < 1.29 is 14.3 Å². The smallest absolute Gasteiger partial charge is 0.313 e. The van der Waals surface area contributed by atoms with Gasteiger partial charge in [-0.3, -0.25) is 9.59 Å². The lowest BCUT2D eigenvalue weighted by Gasteiger charge is -2.11. The minimum atomic E-state index is -0.406. The predicted octanol–water partition coefficient (Wildman–Crippen LogP) is 2.09. The van der Waals surface area contributed by atoms with Gasteiger partial charge in [0.05, 0.1) is 6.10 Å². The van der Waals surface area contributed by atoms with Gasteiger partial charge in [0.15, 0.2) is 0 Å². The molecular weight excluding hydrogens is 168 g/mol. The molecule has 0 aliphatic heterocycles. The van der Waals surface area contributed by atoms with Crippen LogP contribution in [0.3, 0.4) is 0 Å². The van der Waals surface area contributed by atoms with E-state index in [1.165, 1.54) is 6.92 Å². The van der Waals surface area contributed by atoms with Gasteiger partial charge in [-0.2, -0.15) is 0 Å². The van der Waals surface area contributed by atoms with Gasteiger partial charge < -0.3 is 4.74 Å². The summed E-state index contributed by atoms with van der Waals surface area (Å²) < 4.78 is 5.00. The molecule has 13 heavy (non-hydrogen) atoms. The molecule has 0 saturated carbocycles. The highest BCUT2D eigenvalue weighted by atomic mass is 16.5. The maximum atomic E-state index is 11.0. The van der Waals surface area contributed by atoms with Crippen LogP contribution in [0.15, 0.2) is 0 Å². The number of ether oxygens (including phenoxy) is 1. The van der Waals surface area contributed by atoms with Crippen molar-refractivity contribution in [2.45, 2.75) is 52.6 Å². The fraction of sp³-hybridized carbons (Fsp3) is 0.800. The van der Waals surface area contributed by atoms with Gasteiger partial charge in [0, 0.05) is 0 Å². The summed E-state index contributed by atoms with van der Waals surface area (Å²) in [6, 6.07) is 0. The summed E-state index contributed by atoms with van der Waals surface area (Å²) >= 11 is 0. The Balaban J connectivity index is 3.59. The zero-order chi connectivity index (χ0) is 10.3. The van der Waals surface area contributed by atoms with E-state index in [9.17, 15) is 9.59 Å². The zero-order valence-corrected chi connectivity index (χ0v) is 8.63. The van der Waals surface area contributed by atoms with Crippen LogP contribution in [0, 0.1) is 0 Å². The molecule has 0 rings (SSSR count). The average Bonchev–Trinajstić information content (AvgIpc) is 1.98. The highest BCUT2D eigenvalue weighted by Crippen LogP contribution is 2.05. The Labute approximate surface area is 79.5 Å². The summed E-state index contributed by atoms with van der Waals surface area (Å²) in [5.41, 5.74) is 0. The fourth-order valence-electron chi connectivity index (χ4n) is 1.02. The number of carbonyl (C=O) groups excluding carboxylic acids is 2. The minimum absolute atomic E-state index is 0.0631. The van der Waals surface area contributed by atoms with Crippen LogP contribution >= 0.6 is 0 Å². The third kappa shape index (κ3) is 7.50. The fourth-order valence-corrected chi connectivity index (χ4v) is 1.02. The van der Waals surface area contributed by atoms with E-state index in [2.05, 4.69) is 6.92 Å². The average molecular weight is 186 g/mol. The maximum absolute atomic E-state index is 11.0. The van der Waals surface area contributed by atoms with Crippen LogP contribution in [0.4, 0.5) is 0 Å². The van der Waals surface area contributed by atoms with Gasteiger partial charge in [0.25, 0.3) is 0 Å². The monoisotopic (exact) mass is 186 g/mol. The van der Waals surface area contributed by atoms with Gasteiger partial charge in [-0.25, -0.2) is 0 Å². The lowest BCUT2D eigenvalue weighted by Crippen LogP contribution is -2.16. The lowest BCUT2D eigenvalue weighted by atomic mass is 10.2. The molecule has 0 spiro atoms. The molecule has 0 aromatic rings. The number of carbonyl (C=O) groups is 2. The summed E-state index contributed by atoms with van der Waals surface area (Å²) in [6.07, 6.45) is 2.85. The molecule has 0 aliphatic carbocycles. The van der Waals surface area contributed by atoms with Crippen LogP contribution in [0.25, 0.3) is 0 Å². The molecule has 1 atom stereocenters. The molecule has 0 aromatic carbocycles. The van der Waals surface area contributed by atoms with Gasteiger partial charge in [-0.15, -0.1) is 0 Å². The molecule has 0 fully saturated rings. The SMILES string of the molecule is CCCC[C@@H](C)OC(=O)CC(C)=O. The summed E-state index contributed by atoms with van der Waals surface area (Å²) in [6.45, 7) is 5.33. The van der Waals surface area contributed by atoms with E-state index in [1.807, 2.05) is 6.92 Å². The highest BCUT2D eigenvalue weighted by molar-refractivity contribution is 5.94. The quantitative estimate of drug-likeness (QED) is 0.471. The number of Topliss-reactive ketones (excluding diaryl/α,β-unsaturated/α-hetero) is 1. The van der Waals surface area contributed by atoms with Gasteiger partial charge in [-0.1, -0.05) is 19.8 Å². The van der Waals surface area contributed by atoms with Crippen molar-refractivity contribution in [1.82, 2.24) is 0 Å². The Kier molecular flexibility index (Phi) is 6.20. The number of ketones is 1. The second-order valence-corrected chi connectivity index (χ2v) is 3.32. The number of unbranched alkanes of at least 4 members (excludes halogenated alkanes) is 1. The van der Waals surface area contributed by atoms with E-state index >= 15 is 0 Å². The Bertz CT molecular complexity index is 175. The molecule has 0 unspecified atom stereocenters. The van der Waals surface area contributed by atoms with Crippen molar-refractivity contribution in [2.75, 3.05) is 0 Å². The molecule has 0 heterocycles. The van der Waals surface area contributed by atoms with E-state index in [0.717, 1.165) is 19.3 Å². The van der Waals surface area contributed by atoms with E-state index in [0.29, 0.717) is 0 Å². The molecule has 0 radical (unpaired) electrons. The van der Waals surface area contributed by atoms with Crippen LogP contribution in [0.2, 0.25) is 0 Å². The standard InChI is InChI=1S/C10H18O3/c1-4-5-6-9(3)13-10(12)7-8(2)11/h9H,4-7H2,1-3H3/t9-/m1/s1. The van der Waals surface area contributed by atoms with Gasteiger partial charge >= 0.3 is 5.97 Å². The van der Waals surface area contributed by atoms with Crippen molar-refractivity contribution in [1.29, 1.82) is 0 Å². The van der Waals surface area contributed by atoms with Gasteiger partial charge in [0.2, 0.25) is 0 Å². The van der Waals surface area contributed by atoms with E-state index in [1.54, 1.807) is 0 Å². The molecule has 0 amide bonds. The van der Waals surface area contributed by atoms with Gasteiger partial charge in [0.1, 0.15) is 12.2 Å². The van der Waals surface area contributed by atoms with Gasteiger partial charge in [-0.05, 0) is 20.3 Å². The molecule has 3 heteroatoms. The molecule has 0 aromatic heterocycles. The molecule has 0 bridgehead atoms. The zero-order valence-electron chi connectivity index (χ0n) is 8.63. The molecule has 0 saturated heterocycles. The van der Waals surface area contributed by atoms with Crippen molar-refractivity contribution in [3.8, 4) is 0 Å². The normalized spacial score (nSPS) is 12.2. The van der Waals surface area contributed by atoms with Crippen molar-refractivity contribution in [3.63, 3.8) is 0 Å². The first-order valence-corrected chi connectivity index (χ1v) is 4.75. The largest absolute Gasteiger partial charge is 0.462 e. The number of hydrogen-bond donors (Lipinski definition) is 0. The summed E-state index contributed by atoms with van der Waals surface area (Å²) in [4.78, 5) is 21.5. The summed E-state index contributed by atoms with van der Waals surface area (Å²) in [7, 11) is 0. The van der Waals surface area contributed by atoms with Crippen molar-refractivity contribution in [2.24, 2.45) is 0 Å². The third-order valence-electron chi connectivity index (χ3n) is 1.69. The Hall–Kier alpha value is -0.860. The molecule has 0 N–H and O–H groups in total. The minimum Gasteiger partial charge on any atom is -0.462 e. The Morgan fingerprint density at radius 1 is 1.38 bits per heavy atom. The second kappa shape index (κ2) is 6.63. The first-order valence-electron chi connectivity index (χ1n) is 4.75. The Morgan fingerprint density at radius 2 is 2.00 bits per heavy atom. The highest BCUT2D eigenvalue weighted by Gasteiger charge is 2.10. The first-order chi connectivity index (χ1) is 6.06. The van der Waals surface area contributed by atoms with Crippen LogP contribution in [-0.4, -0.2) is 17.9 Å². The Morgan fingerprint density at radius 3 is 2.46 bits per heavy atom. The van der Waals surface area contributed by atoms with Crippen LogP contribution < -0.4 is 0 Å². The van der Waals surface area contributed by atoms with E-state index in [4.69, 9.17) is 4.74 Å². The second-order valence-electron chi connectivity index (χ2n) is 3.32.